The molecule has 0 aliphatic carbocycles. The Kier molecular flexibility index (Phi) is 5.98. The van der Waals surface area contributed by atoms with Crippen molar-refractivity contribution in [1.29, 1.82) is 0 Å². The van der Waals surface area contributed by atoms with Crippen LogP contribution in [0.25, 0.3) is 11.3 Å². The molecule has 0 bridgehead atoms. The van der Waals surface area contributed by atoms with Crippen LogP contribution in [0.1, 0.15) is 23.3 Å². The lowest BCUT2D eigenvalue weighted by Gasteiger charge is -2.37. The molecule has 4 rings (SSSR count). The Balaban J connectivity index is 1.78. The van der Waals surface area contributed by atoms with E-state index in [2.05, 4.69) is 14.9 Å². The van der Waals surface area contributed by atoms with Crippen molar-refractivity contribution in [2.24, 2.45) is 0 Å². The molecule has 28 heavy (non-hydrogen) atoms. The van der Waals surface area contributed by atoms with E-state index in [4.69, 9.17) is 16.3 Å². The molecule has 1 N–H and O–H groups in total. The first-order valence-corrected chi connectivity index (χ1v) is 9.73. The molecule has 0 amide bonds. The molecule has 1 saturated heterocycles. The lowest BCUT2D eigenvalue weighted by Crippen LogP contribution is -2.41. The van der Waals surface area contributed by atoms with E-state index in [1.165, 1.54) is 0 Å². The monoisotopic (exact) mass is 395 g/mol. The zero-order valence-corrected chi connectivity index (χ0v) is 16.2. The molecule has 0 radical (unpaired) electrons. The van der Waals surface area contributed by atoms with Crippen molar-refractivity contribution in [1.82, 2.24) is 14.9 Å². The van der Waals surface area contributed by atoms with Crippen molar-refractivity contribution in [3.05, 3.63) is 83.3 Å². The fourth-order valence-electron chi connectivity index (χ4n) is 3.70. The van der Waals surface area contributed by atoms with Gasteiger partial charge in [0.25, 0.3) is 0 Å². The van der Waals surface area contributed by atoms with Gasteiger partial charge in [0.1, 0.15) is 6.10 Å². The molecule has 1 fully saturated rings. The smallest absolute Gasteiger partial charge is 0.101 e. The highest BCUT2D eigenvalue weighted by atomic mass is 35.5. The van der Waals surface area contributed by atoms with Crippen LogP contribution >= 0.6 is 11.6 Å². The average Bonchev–Trinajstić information content (AvgIpc) is 2.76. The number of halogens is 1. The number of aromatic nitrogens is 2. The number of aliphatic hydroxyl groups is 1. The number of aliphatic hydroxyl groups excluding tert-OH is 1. The van der Waals surface area contributed by atoms with Gasteiger partial charge in [-0.15, -0.1) is 0 Å². The van der Waals surface area contributed by atoms with Gasteiger partial charge in [0, 0.05) is 47.8 Å². The Morgan fingerprint density at radius 1 is 1.00 bits per heavy atom. The number of hydrogen-bond acceptors (Lipinski definition) is 5. The molecule has 0 saturated carbocycles. The number of nitrogens with zero attached hydrogens (tertiary/aromatic N) is 3. The van der Waals surface area contributed by atoms with Crippen LogP contribution in [0, 0.1) is 0 Å². The van der Waals surface area contributed by atoms with Gasteiger partial charge in [-0.1, -0.05) is 41.9 Å². The molecule has 5 nitrogen and oxygen atoms in total. The Hall–Kier alpha value is -2.31. The number of rotatable bonds is 5. The highest BCUT2D eigenvalue weighted by Crippen LogP contribution is 2.39. The maximum absolute atomic E-state index is 11.5. The van der Waals surface area contributed by atoms with Crippen molar-refractivity contribution in [3.63, 3.8) is 0 Å². The molecule has 1 aliphatic rings. The SMILES string of the molecule is O[C@H](c1cccnc1-c1ccccc1Cl)[C@H](c1cccnc1)N1CCOCC1. The summed E-state index contributed by atoms with van der Waals surface area (Å²) in [6.07, 6.45) is 4.49. The fourth-order valence-corrected chi connectivity index (χ4v) is 3.93. The molecular weight excluding hydrogens is 374 g/mol. The molecule has 144 valence electrons. The van der Waals surface area contributed by atoms with Crippen molar-refractivity contribution in [3.8, 4) is 11.3 Å². The Labute approximate surface area is 169 Å². The minimum Gasteiger partial charge on any atom is -0.386 e. The van der Waals surface area contributed by atoms with Crippen molar-refractivity contribution < 1.29 is 9.84 Å². The minimum atomic E-state index is -0.790. The maximum Gasteiger partial charge on any atom is 0.101 e. The number of hydrogen-bond donors (Lipinski definition) is 1. The number of ether oxygens (including phenoxy) is 1. The van der Waals surface area contributed by atoms with Crippen LogP contribution in [0.4, 0.5) is 0 Å². The van der Waals surface area contributed by atoms with Crippen LogP contribution in [-0.4, -0.2) is 46.3 Å². The zero-order valence-electron chi connectivity index (χ0n) is 15.4. The van der Waals surface area contributed by atoms with Crippen LogP contribution in [0.3, 0.4) is 0 Å². The van der Waals surface area contributed by atoms with Gasteiger partial charge in [0.05, 0.1) is 24.9 Å². The summed E-state index contributed by atoms with van der Waals surface area (Å²) in [5, 5.41) is 12.1. The van der Waals surface area contributed by atoms with Gasteiger partial charge in [-0.25, -0.2) is 0 Å². The summed E-state index contributed by atoms with van der Waals surface area (Å²) >= 11 is 6.42. The highest BCUT2D eigenvalue weighted by Gasteiger charge is 2.32. The number of benzene rings is 1. The first-order chi connectivity index (χ1) is 13.8. The van der Waals surface area contributed by atoms with E-state index in [0.717, 1.165) is 29.8 Å². The Morgan fingerprint density at radius 2 is 1.79 bits per heavy atom. The average molecular weight is 396 g/mol. The van der Waals surface area contributed by atoms with Gasteiger partial charge in [-0.05, 0) is 23.8 Å². The first kappa shape index (κ1) is 19.0. The van der Waals surface area contributed by atoms with E-state index in [0.29, 0.717) is 23.9 Å². The first-order valence-electron chi connectivity index (χ1n) is 9.35. The maximum atomic E-state index is 11.5. The predicted octanol–water partition coefficient (Wildman–Crippen LogP) is 3.90. The van der Waals surface area contributed by atoms with E-state index in [1.54, 1.807) is 12.4 Å². The van der Waals surface area contributed by atoms with E-state index < -0.39 is 6.10 Å². The van der Waals surface area contributed by atoms with Crippen molar-refractivity contribution in [2.75, 3.05) is 26.3 Å². The number of pyridine rings is 2. The molecule has 3 aromatic rings. The highest BCUT2D eigenvalue weighted by molar-refractivity contribution is 6.33. The largest absolute Gasteiger partial charge is 0.386 e. The summed E-state index contributed by atoms with van der Waals surface area (Å²) in [5.41, 5.74) is 3.22. The van der Waals surface area contributed by atoms with Crippen molar-refractivity contribution >= 4 is 11.6 Å². The van der Waals surface area contributed by atoms with Crippen LogP contribution in [0.15, 0.2) is 67.1 Å². The van der Waals surface area contributed by atoms with Gasteiger partial charge >= 0.3 is 0 Å². The second-order valence-corrected chi connectivity index (χ2v) is 7.15. The molecule has 0 spiro atoms. The molecule has 6 heteroatoms. The van der Waals surface area contributed by atoms with Crippen molar-refractivity contribution in [2.45, 2.75) is 12.1 Å². The second-order valence-electron chi connectivity index (χ2n) is 6.75. The topological polar surface area (TPSA) is 58.5 Å². The normalized spacial score (nSPS) is 17.2. The van der Waals surface area contributed by atoms with Gasteiger partial charge in [-0.2, -0.15) is 0 Å². The summed E-state index contributed by atoms with van der Waals surface area (Å²) < 4.78 is 5.51. The predicted molar refractivity (Wildman–Crippen MR) is 109 cm³/mol. The van der Waals surface area contributed by atoms with Crippen LogP contribution in [-0.2, 0) is 4.74 Å². The zero-order chi connectivity index (χ0) is 19.3. The van der Waals surface area contributed by atoms with E-state index >= 15 is 0 Å². The number of morpholine rings is 1. The molecule has 0 unspecified atom stereocenters. The summed E-state index contributed by atoms with van der Waals surface area (Å²) in [5.74, 6) is 0. The lowest BCUT2D eigenvalue weighted by atomic mass is 9.92. The summed E-state index contributed by atoms with van der Waals surface area (Å²) in [6.45, 7) is 2.79. The molecule has 1 aliphatic heterocycles. The Morgan fingerprint density at radius 3 is 2.54 bits per heavy atom. The molecular formula is C22H22ClN3O2. The molecule has 3 heterocycles. The van der Waals surface area contributed by atoms with E-state index in [9.17, 15) is 5.11 Å². The summed E-state index contributed by atoms with van der Waals surface area (Å²) in [4.78, 5) is 11.1. The van der Waals surface area contributed by atoms with Gasteiger partial charge in [0.2, 0.25) is 0 Å². The minimum absolute atomic E-state index is 0.247. The summed E-state index contributed by atoms with van der Waals surface area (Å²) in [7, 11) is 0. The van der Waals surface area contributed by atoms with Gasteiger partial charge < -0.3 is 9.84 Å². The quantitative estimate of drug-likeness (QED) is 0.709. The van der Waals surface area contributed by atoms with Crippen LogP contribution in [0.2, 0.25) is 5.02 Å². The Bertz CT molecular complexity index is 916. The molecule has 2 atom stereocenters. The third kappa shape index (κ3) is 3.93. The van der Waals surface area contributed by atoms with Crippen LogP contribution < -0.4 is 0 Å². The standard InChI is InChI=1S/C22H22ClN3O2/c23-19-8-2-1-6-17(19)20-18(7-4-10-25-20)22(27)21(16-5-3-9-24-15-16)26-11-13-28-14-12-26/h1-10,15,21-22,27H,11-14H2/t21-,22+/m0/s1. The second kappa shape index (κ2) is 8.80. The third-order valence-electron chi connectivity index (χ3n) is 5.05. The molecule has 2 aromatic heterocycles. The molecule has 1 aromatic carbocycles. The lowest BCUT2D eigenvalue weighted by molar-refractivity contribution is -0.0238. The van der Waals surface area contributed by atoms with E-state index in [1.807, 2.05) is 54.7 Å². The summed E-state index contributed by atoms with van der Waals surface area (Å²) in [6, 6.07) is 15.0. The van der Waals surface area contributed by atoms with Crippen LogP contribution in [0.5, 0.6) is 0 Å². The van der Waals surface area contributed by atoms with Gasteiger partial charge in [0.15, 0.2) is 0 Å². The third-order valence-corrected chi connectivity index (χ3v) is 5.38. The fraction of sp³-hybridized carbons (Fsp3) is 0.273. The van der Waals surface area contributed by atoms with E-state index in [-0.39, 0.29) is 6.04 Å². The van der Waals surface area contributed by atoms with Gasteiger partial charge in [-0.3, -0.25) is 14.9 Å².